The van der Waals surface area contributed by atoms with Crippen LogP contribution in [0.5, 0.6) is 17.2 Å². The zero-order chi connectivity index (χ0) is 26.9. The molecule has 3 amide bonds. The zero-order valence-corrected chi connectivity index (χ0v) is 20.8. The fraction of sp³-hybridized carbons (Fsp3) is 0.143. The molecule has 0 aliphatic heterocycles. The number of para-hydroxylation sites is 1. The Kier molecular flexibility index (Phi) is 8.35. The Morgan fingerprint density at radius 3 is 2.26 bits per heavy atom. The minimum absolute atomic E-state index is 0.292. The topological polar surface area (TPSA) is 128 Å². The summed E-state index contributed by atoms with van der Waals surface area (Å²) in [6.07, 6.45) is 1.72. The van der Waals surface area contributed by atoms with Crippen LogP contribution in [0.4, 0.5) is 0 Å². The summed E-state index contributed by atoms with van der Waals surface area (Å²) >= 11 is 0. The van der Waals surface area contributed by atoms with Gasteiger partial charge in [-0.3, -0.25) is 30.2 Å². The number of amides is 3. The predicted molar refractivity (Wildman–Crippen MR) is 140 cm³/mol. The van der Waals surface area contributed by atoms with Crippen LogP contribution in [0.1, 0.15) is 26.3 Å². The lowest BCUT2D eigenvalue weighted by molar-refractivity contribution is -0.120. The summed E-state index contributed by atoms with van der Waals surface area (Å²) in [6, 6.07) is 21.0. The first-order valence-corrected chi connectivity index (χ1v) is 11.6. The average Bonchev–Trinajstić information content (AvgIpc) is 2.97. The Morgan fingerprint density at radius 1 is 0.763 bits per heavy atom. The van der Waals surface area contributed by atoms with E-state index in [-0.39, 0.29) is 6.54 Å². The van der Waals surface area contributed by atoms with E-state index in [1.807, 2.05) is 30.3 Å². The van der Waals surface area contributed by atoms with Gasteiger partial charge in [0.25, 0.3) is 17.7 Å². The van der Waals surface area contributed by atoms with Gasteiger partial charge < -0.3 is 19.5 Å². The van der Waals surface area contributed by atoms with Gasteiger partial charge in [0.1, 0.15) is 17.9 Å². The summed E-state index contributed by atoms with van der Waals surface area (Å²) in [7, 11) is 2.95. The first kappa shape index (κ1) is 26.0. The summed E-state index contributed by atoms with van der Waals surface area (Å²) in [5, 5.41) is 3.47. The number of nitrogens with one attached hydrogen (secondary N) is 3. The normalized spacial score (nSPS) is 10.4. The number of benzene rings is 3. The van der Waals surface area contributed by atoms with Crippen LogP contribution in [-0.2, 0) is 11.4 Å². The summed E-state index contributed by atoms with van der Waals surface area (Å²) in [5.74, 6) is -0.0428. The van der Waals surface area contributed by atoms with Gasteiger partial charge in [-0.1, -0.05) is 30.3 Å². The highest BCUT2D eigenvalue weighted by Crippen LogP contribution is 2.27. The molecule has 0 unspecified atom stereocenters. The molecule has 0 atom stereocenters. The molecule has 0 aliphatic carbocycles. The maximum Gasteiger partial charge on any atom is 0.269 e. The first-order chi connectivity index (χ1) is 18.5. The molecule has 0 fully saturated rings. The minimum atomic E-state index is -0.596. The quantitative estimate of drug-likeness (QED) is 0.293. The summed E-state index contributed by atoms with van der Waals surface area (Å²) < 4.78 is 16.2. The maximum atomic E-state index is 12.4. The lowest BCUT2D eigenvalue weighted by Gasteiger charge is -2.11. The van der Waals surface area contributed by atoms with Crippen LogP contribution in [0.2, 0.25) is 0 Å². The van der Waals surface area contributed by atoms with Gasteiger partial charge in [-0.2, -0.15) is 0 Å². The molecular weight excluding hydrogens is 488 g/mol. The number of hydrogen-bond donors (Lipinski definition) is 3. The Hall–Kier alpha value is -5.12. The Balaban J connectivity index is 1.23. The monoisotopic (exact) mass is 514 g/mol. The van der Waals surface area contributed by atoms with E-state index < -0.39 is 17.7 Å². The summed E-state index contributed by atoms with van der Waals surface area (Å²) in [5.41, 5.74) is 6.88. The number of hydrazine groups is 1. The predicted octanol–water partition coefficient (Wildman–Crippen LogP) is 3.02. The second kappa shape index (κ2) is 12.2. The summed E-state index contributed by atoms with van der Waals surface area (Å²) in [4.78, 5) is 41.2. The number of nitrogens with zero attached hydrogens (tertiary/aromatic N) is 1. The van der Waals surface area contributed by atoms with Gasteiger partial charge in [-0.25, -0.2) is 0 Å². The number of ether oxygens (including phenoxy) is 3. The Morgan fingerprint density at radius 2 is 1.50 bits per heavy atom. The molecule has 1 aromatic heterocycles. The standard InChI is InChI=1S/C28H26N4O6/c1-36-22-13-12-21(15-24(22)37-2)27(34)30-16-25(33)31-32-28(35)20-10-8-18(9-11-20)17-38-23-7-3-5-19-6-4-14-29-26(19)23/h3-15H,16-17H2,1-2H3,(H,30,34)(H,31,33)(H,32,35). The third kappa shape index (κ3) is 6.35. The smallest absolute Gasteiger partial charge is 0.269 e. The Bertz CT molecular complexity index is 1450. The molecule has 0 bridgehead atoms. The van der Waals surface area contributed by atoms with E-state index in [1.165, 1.54) is 20.3 Å². The minimum Gasteiger partial charge on any atom is -0.493 e. The van der Waals surface area contributed by atoms with E-state index in [0.717, 1.165) is 16.5 Å². The van der Waals surface area contributed by atoms with Gasteiger partial charge in [0.2, 0.25) is 0 Å². The van der Waals surface area contributed by atoms with Crippen molar-refractivity contribution in [1.82, 2.24) is 21.2 Å². The van der Waals surface area contributed by atoms with Crippen molar-refractivity contribution in [2.75, 3.05) is 20.8 Å². The van der Waals surface area contributed by atoms with Crippen molar-refractivity contribution in [2.45, 2.75) is 6.61 Å². The maximum absolute atomic E-state index is 12.4. The second-order valence-corrected chi connectivity index (χ2v) is 8.07. The van der Waals surface area contributed by atoms with Crippen LogP contribution < -0.4 is 30.4 Å². The molecule has 0 saturated heterocycles. The van der Waals surface area contributed by atoms with Crippen LogP contribution >= 0.6 is 0 Å². The van der Waals surface area contributed by atoms with Gasteiger partial charge in [0, 0.05) is 22.7 Å². The number of hydrogen-bond acceptors (Lipinski definition) is 7. The van der Waals surface area contributed by atoms with E-state index in [1.54, 1.807) is 42.6 Å². The van der Waals surface area contributed by atoms with Crippen molar-refractivity contribution in [1.29, 1.82) is 0 Å². The van der Waals surface area contributed by atoms with Crippen LogP contribution in [0.15, 0.2) is 79.0 Å². The van der Waals surface area contributed by atoms with Gasteiger partial charge in [-0.15, -0.1) is 0 Å². The number of pyridine rings is 1. The number of fused-ring (bicyclic) bond motifs is 1. The molecule has 0 aliphatic rings. The highest BCUT2D eigenvalue weighted by atomic mass is 16.5. The highest BCUT2D eigenvalue weighted by molar-refractivity contribution is 5.98. The van der Waals surface area contributed by atoms with Crippen molar-refractivity contribution in [3.8, 4) is 17.2 Å². The van der Waals surface area contributed by atoms with Gasteiger partial charge in [0.15, 0.2) is 11.5 Å². The molecular formula is C28H26N4O6. The van der Waals surface area contributed by atoms with E-state index in [4.69, 9.17) is 14.2 Å². The number of carbonyl (C=O) groups is 3. The Labute approximate surface area is 218 Å². The third-order valence-corrected chi connectivity index (χ3v) is 5.58. The highest BCUT2D eigenvalue weighted by Gasteiger charge is 2.13. The van der Waals surface area contributed by atoms with E-state index in [9.17, 15) is 14.4 Å². The molecule has 0 spiro atoms. The van der Waals surface area contributed by atoms with Crippen molar-refractivity contribution >= 4 is 28.6 Å². The molecule has 0 radical (unpaired) electrons. The number of rotatable bonds is 9. The fourth-order valence-corrected chi connectivity index (χ4v) is 3.59. The van der Waals surface area contributed by atoms with Gasteiger partial charge in [0.05, 0.1) is 20.8 Å². The van der Waals surface area contributed by atoms with Crippen LogP contribution in [0, 0.1) is 0 Å². The molecule has 38 heavy (non-hydrogen) atoms. The molecule has 4 aromatic rings. The lowest BCUT2D eigenvalue weighted by Crippen LogP contribution is -2.46. The van der Waals surface area contributed by atoms with Crippen molar-refractivity contribution in [3.05, 3.63) is 95.7 Å². The van der Waals surface area contributed by atoms with Crippen molar-refractivity contribution in [3.63, 3.8) is 0 Å². The van der Waals surface area contributed by atoms with Crippen molar-refractivity contribution in [2.24, 2.45) is 0 Å². The van der Waals surface area contributed by atoms with Crippen LogP contribution in [-0.4, -0.2) is 43.5 Å². The molecule has 3 aromatic carbocycles. The van der Waals surface area contributed by atoms with Gasteiger partial charge in [-0.05, 0) is 48.0 Å². The number of carbonyl (C=O) groups excluding carboxylic acids is 3. The zero-order valence-electron chi connectivity index (χ0n) is 20.8. The van der Waals surface area contributed by atoms with Crippen LogP contribution in [0.3, 0.4) is 0 Å². The average molecular weight is 515 g/mol. The summed E-state index contributed by atoms with van der Waals surface area (Å²) in [6.45, 7) is -0.0408. The van der Waals surface area contributed by atoms with Crippen LogP contribution in [0.25, 0.3) is 10.9 Å². The van der Waals surface area contributed by atoms with Gasteiger partial charge >= 0.3 is 0 Å². The molecule has 1 heterocycles. The SMILES string of the molecule is COc1ccc(C(=O)NCC(=O)NNC(=O)c2ccc(COc3cccc4cccnc34)cc2)cc1OC. The van der Waals surface area contributed by atoms with E-state index in [0.29, 0.717) is 35.0 Å². The van der Waals surface area contributed by atoms with E-state index in [2.05, 4.69) is 21.2 Å². The molecule has 4 rings (SSSR count). The molecule has 194 valence electrons. The molecule has 3 N–H and O–H groups in total. The molecule has 10 nitrogen and oxygen atoms in total. The molecule has 10 heteroatoms. The largest absolute Gasteiger partial charge is 0.493 e. The second-order valence-electron chi connectivity index (χ2n) is 8.07. The third-order valence-electron chi connectivity index (χ3n) is 5.58. The number of methoxy groups -OCH3 is 2. The van der Waals surface area contributed by atoms with Crippen molar-refractivity contribution < 1.29 is 28.6 Å². The van der Waals surface area contributed by atoms with E-state index >= 15 is 0 Å². The molecule has 0 saturated carbocycles. The lowest BCUT2D eigenvalue weighted by atomic mass is 10.1. The fourth-order valence-electron chi connectivity index (χ4n) is 3.59. The first-order valence-electron chi connectivity index (χ1n) is 11.6. The number of aromatic nitrogens is 1.